The van der Waals surface area contributed by atoms with Gasteiger partial charge in [0.2, 0.25) is 0 Å². The molecule has 69 heavy (non-hydrogen) atoms. The Balaban J connectivity index is 5.25. The largest absolute Gasteiger partial charge is 0.462 e. The van der Waals surface area contributed by atoms with E-state index in [-0.39, 0.29) is 32.1 Å². The van der Waals surface area contributed by atoms with Gasteiger partial charge in [-0.1, -0.05) is 244 Å². The molecule has 0 N–H and O–H groups in total. The van der Waals surface area contributed by atoms with Crippen molar-refractivity contribution in [3.63, 3.8) is 0 Å². The lowest BCUT2D eigenvalue weighted by Crippen LogP contribution is -2.30. The Labute approximate surface area is 430 Å². The summed E-state index contributed by atoms with van der Waals surface area (Å²) in [6.45, 7) is -0.580. The molecule has 0 aromatic carbocycles. The molecule has 0 aliphatic rings. The van der Waals surface area contributed by atoms with Gasteiger partial charge in [0, 0.05) is 19.3 Å². The van der Waals surface area contributed by atoms with Crippen LogP contribution in [0, 0.1) is 0 Å². The van der Waals surface area contributed by atoms with Crippen molar-refractivity contribution in [3.05, 3.63) is 146 Å². The predicted molar refractivity (Wildman–Crippen MR) is 297 cm³/mol. The maximum absolute atomic E-state index is 13.1. The van der Waals surface area contributed by atoms with Crippen LogP contribution in [0.3, 0.4) is 0 Å². The molecule has 0 aliphatic carbocycles. The fourth-order valence-electron chi connectivity index (χ4n) is 6.50. The molecule has 0 radical (unpaired) electrons. The number of hydrogen-bond acceptors (Lipinski definition) is 6. The first-order valence-corrected chi connectivity index (χ1v) is 26.8. The first-order valence-electron chi connectivity index (χ1n) is 29.3. The number of unbranched alkanes of at least 4 members (excludes halogenated alkanes) is 12. The Morgan fingerprint density at radius 1 is 0.348 bits per heavy atom. The monoisotopic (exact) mass is 956 g/mol. The van der Waals surface area contributed by atoms with Crippen LogP contribution in [0.5, 0.6) is 0 Å². The lowest BCUT2D eigenvalue weighted by molar-refractivity contribution is -0.166. The molecule has 0 bridgehead atoms. The van der Waals surface area contributed by atoms with Crippen LogP contribution < -0.4 is 0 Å². The van der Waals surface area contributed by atoms with Crippen LogP contribution in [0.15, 0.2) is 146 Å². The van der Waals surface area contributed by atoms with Crippen molar-refractivity contribution in [2.75, 3.05) is 13.1 Å². The van der Waals surface area contributed by atoms with Gasteiger partial charge in [-0.05, 0) is 96.3 Å². The summed E-state index contributed by atoms with van der Waals surface area (Å²) in [5, 5.41) is 0. The molecule has 386 valence electrons. The zero-order valence-electron chi connectivity index (χ0n) is 48.5. The van der Waals surface area contributed by atoms with E-state index in [4.69, 9.17) is 21.1 Å². The number of carbonyl (C=O) groups excluding carboxylic acids is 3. The molecule has 6 nitrogen and oxygen atoms in total. The first-order chi connectivity index (χ1) is 35.9. The number of ether oxygens (including phenoxy) is 3. The van der Waals surface area contributed by atoms with E-state index in [1.807, 2.05) is 36.5 Å². The second kappa shape index (κ2) is 55.9. The van der Waals surface area contributed by atoms with Crippen LogP contribution in [-0.2, 0) is 28.6 Å². The van der Waals surface area contributed by atoms with E-state index >= 15 is 0 Å². The van der Waals surface area contributed by atoms with Gasteiger partial charge in [-0.15, -0.1) is 0 Å². The van der Waals surface area contributed by atoms with Crippen molar-refractivity contribution in [1.82, 2.24) is 0 Å². The Bertz CT molecular complexity index is 1800. The lowest BCUT2D eigenvalue weighted by atomic mass is 10.0. The molecule has 0 heterocycles. The lowest BCUT2D eigenvalue weighted by Gasteiger charge is -2.18. The van der Waals surface area contributed by atoms with Gasteiger partial charge in [0.1, 0.15) is 13.1 Å². The van der Waals surface area contributed by atoms with Crippen LogP contribution in [0.2, 0.25) is 0 Å². The molecule has 0 fully saturated rings. The minimum atomic E-state index is -3.58. The quantitative estimate of drug-likeness (QED) is 0.0262. The van der Waals surface area contributed by atoms with Crippen molar-refractivity contribution in [1.29, 1.82) is 0 Å². The molecule has 0 saturated carbocycles. The molecular weight excluding hydrogens is 853 g/mol. The third-order valence-corrected chi connectivity index (χ3v) is 10.4. The second-order valence-electron chi connectivity index (χ2n) is 16.9. The Kier molecular flexibility index (Phi) is 44.7. The van der Waals surface area contributed by atoms with Crippen molar-refractivity contribution < 1.29 is 35.4 Å². The van der Waals surface area contributed by atoms with Gasteiger partial charge in [-0.3, -0.25) is 14.4 Å². The molecular formula is C63H98O6. The number of carbonyl (C=O) groups is 3. The molecule has 0 amide bonds. The minimum absolute atomic E-state index is 0.163. The molecule has 0 rings (SSSR count). The fraction of sp³-hybridized carbons (Fsp3) is 0.571. The van der Waals surface area contributed by atoms with Gasteiger partial charge in [0.15, 0.2) is 6.08 Å². The summed E-state index contributed by atoms with van der Waals surface area (Å²) >= 11 is 0. The number of hydrogen-bond donors (Lipinski definition) is 0. The van der Waals surface area contributed by atoms with Crippen molar-refractivity contribution in [3.8, 4) is 0 Å². The van der Waals surface area contributed by atoms with Crippen LogP contribution in [0.4, 0.5) is 0 Å². The van der Waals surface area contributed by atoms with Gasteiger partial charge in [0.25, 0.3) is 0 Å². The van der Waals surface area contributed by atoms with E-state index in [1.54, 1.807) is 12.2 Å². The average molecular weight is 957 g/mol. The Hall–Kier alpha value is -4.71. The van der Waals surface area contributed by atoms with E-state index in [0.717, 1.165) is 89.9 Å². The molecule has 0 aromatic heterocycles. The highest BCUT2D eigenvalue weighted by Crippen LogP contribution is 2.14. The third kappa shape index (κ3) is 54.1. The van der Waals surface area contributed by atoms with Crippen molar-refractivity contribution in [2.45, 2.75) is 219 Å². The summed E-state index contributed by atoms with van der Waals surface area (Å²) in [7, 11) is 0. The van der Waals surface area contributed by atoms with Crippen LogP contribution in [0.25, 0.3) is 0 Å². The molecule has 0 spiro atoms. The minimum Gasteiger partial charge on any atom is -0.462 e. The van der Waals surface area contributed by atoms with E-state index in [1.165, 1.54) is 51.4 Å². The number of rotatable bonds is 47. The van der Waals surface area contributed by atoms with Gasteiger partial charge in [-0.25, -0.2) is 0 Å². The molecule has 6 heteroatoms. The van der Waals surface area contributed by atoms with Gasteiger partial charge < -0.3 is 14.2 Å². The molecule has 1 unspecified atom stereocenters. The summed E-state index contributed by atoms with van der Waals surface area (Å²) in [5.74, 6) is -3.20. The van der Waals surface area contributed by atoms with E-state index in [0.29, 0.717) is 19.3 Å². The second-order valence-corrected chi connectivity index (χ2v) is 16.9. The van der Waals surface area contributed by atoms with Crippen LogP contribution in [-0.4, -0.2) is 37.1 Å². The first kappa shape index (κ1) is 55.2. The van der Waals surface area contributed by atoms with Gasteiger partial charge >= 0.3 is 17.9 Å². The Morgan fingerprint density at radius 3 is 0.928 bits per heavy atom. The number of esters is 3. The number of allylic oxidation sites excluding steroid dienone is 24. The van der Waals surface area contributed by atoms with Gasteiger partial charge in [0.05, 0.1) is 6.85 Å². The smallest absolute Gasteiger partial charge is 0.306 e. The molecule has 1 atom stereocenters. The standard InChI is InChI=1S/C63H98O6/c1-4-7-10-13-16-19-22-25-27-29-31-33-35-38-41-44-47-50-53-56-62(65)68-59-60(58-67-61(64)55-52-49-46-43-40-37-24-21-18-15-12-9-6-3)69-63(66)57-54-51-48-45-42-39-36-34-32-30-28-26-23-20-17-14-11-8-5-2/h7-8,10-11,16-17,19-20,25-28,31-34,38-39,41-42,47-48,50-51,60H,4-6,9,12-15,18,21-24,29-30,35-37,40,43-46,49,52-59H2,1-3H3/b10-7-,11-8-,19-16-,20-17-,27-25-,28-26-,33-31-,34-32-,41-38-,42-39-,50-47-,51-48-/i58D2,59D2,60D. The summed E-state index contributed by atoms with van der Waals surface area (Å²) in [4.78, 5) is 39.0. The maximum Gasteiger partial charge on any atom is 0.306 e. The zero-order valence-corrected chi connectivity index (χ0v) is 43.5. The average Bonchev–Trinajstić information content (AvgIpc) is 3.36. The highest BCUT2D eigenvalue weighted by molar-refractivity contribution is 5.71. The van der Waals surface area contributed by atoms with E-state index < -0.39 is 37.1 Å². The summed E-state index contributed by atoms with van der Waals surface area (Å²) in [5.41, 5.74) is 0. The normalized spacial score (nSPS) is 15.2. The van der Waals surface area contributed by atoms with Crippen LogP contribution in [0.1, 0.15) is 220 Å². The Morgan fingerprint density at radius 2 is 0.609 bits per heavy atom. The topological polar surface area (TPSA) is 78.9 Å². The fourth-order valence-corrected chi connectivity index (χ4v) is 6.50. The van der Waals surface area contributed by atoms with E-state index in [2.05, 4.69) is 118 Å². The summed E-state index contributed by atoms with van der Waals surface area (Å²) < 4.78 is 58.7. The SMILES string of the molecule is [2H]C([2H])(OC(=O)CC/C=C\C/C=C\C/C=C\C/C=C\C/C=C\C/C=C\CC)C([2H])(OC(=O)CC/C=C\C/C=C\C/C=C\C/C=C\C/C=C\C/C=C\CC)C([2H])([2H])OC(=O)CCCCCCCCCCCCCCC. The summed E-state index contributed by atoms with van der Waals surface area (Å²) in [6, 6.07) is 0. The molecule has 0 saturated heterocycles. The van der Waals surface area contributed by atoms with Crippen LogP contribution >= 0.6 is 0 Å². The van der Waals surface area contributed by atoms with Crippen molar-refractivity contribution in [2.24, 2.45) is 0 Å². The highest BCUT2D eigenvalue weighted by Gasteiger charge is 2.19. The van der Waals surface area contributed by atoms with E-state index in [9.17, 15) is 14.4 Å². The summed E-state index contributed by atoms with van der Waals surface area (Å²) in [6.07, 6.45) is 70.4. The molecule has 0 aromatic rings. The predicted octanol–water partition coefficient (Wildman–Crippen LogP) is 18.4. The van der Waals surface area contributed by atoms with Crippen molar-refractivity contribution >= 4 is 17.9 Å². The zero-order chi connectivity index (χ0) is 54.5. The molecule has 0 aliphatic heterocycles. The van der Waals surface area contributed by atoms with Gasteiger partial charge in [-0.2, -0.15) is 0 Å². The maximum atomic E-state index is 13.1. The third-order valence-electron chi connectivity index (χ3n) is 10.4. The highest BCUT2D eigenvalue weighted by atomic mass is 16.6.